The highest BCUT2D eigenvalue weighted by molar-refractivity contribution is 5.58. The molecule has 0 saturated carbocycles. The van der Waals surface area contributed by atoms with Crippen LogP contribution in [0.15, 0.2) is 60.7 Å². The van der Waals surface area contributed by atoms with Gasteiger partial charge in [-0.05, 0) is 49.7 Å². The van der Waals surface area contributed by atoms with Crippen molar-refractivity contribution in [3.8, 4) is 11.5 Å². The van der Waals surface area contributed by atoms with E-state index in [-0.39, 0.29) is 0 Å². The van der Waals surface area contributed by atoms with Gasteiger partial charge < -0.3 is 20.1 Å². The van der Waals surface area contributed by atoms with Gasteiger partial charge in [0, 0.05) is 37.7 Å². The molecule has 0 fully saturated rings. The number of hydrogen-bond acceptors (Lipinski definition) is 6. The molecular weight excluding hydrogens is 340 g/mol. The fourth-order valence-electron chi connectivity index (χ4n) is 2.51. The molecule has 0 saturated heterocycles. The first-order chi connectivity index (χ1) is 13.2. The molecule has 2 aromatic carbocycles. The molecule has 0 aliphatic rings. The molecule has 0 aliphatic heterocycles. The van der Waals surface area contributed by atoms with E-state index in [0.29, 0.717) is 12.6 Å². The summed E-state index contributed by atoms with van der Waals surface area (Å²) in [5.74, 6) is 2.95. The molecule has 140 valence electrons. The van der Waals surface area contributed by atoms with Gasteiger partial charge in [0.15, 0.2) is 0 Å². The van der Waals surface area contributed by atoms with Crippen molar-refractivity contribution in [2.75, 3.05) is 30.9 Å². The van der Waals surface area contributed by atoms with E-state index in [0.717, 1.165) is 41.7 Å². The lowest BCUT2D eigenvalue weighted by Crippen LogP contribution is -2.09. The summed E-state index contributed by atoms with van der Waals surface area (Å²) in [6.45, 7) is 3.42. The lowest BCUT2D eigenvalue weighted by atomic mass is 10.3. The fourth-order valence-corrected chi connectivity index (χ4v) is 2.51. The SMILES string of the molecule is COCCCNc1nc(C)cc(Nc2ccc(Oc3ccccc3)cc2)n1. The van der Waals surface area contributed by atoms with Crippen molar-refractivity contribution in [2.45, 2.75) is 13.3 Å². The number of nitrogens with one attached hydrogen (secondary N) is 2. The topological polar surface area (TPSA) is 68.3 Å². The highest BCUT2D eigenvalue weighted by atomic mass is 16.5. The second-order valence-electron chi connectivity index (χ2n) is 6.06. The van der Waals surface area contributed by atoms with Gasteiger partial charge in [0.25, 0.3) is 0 Å². The fraction of sp³-hybridized carbons (Fsp3) is 0.238. The Morgan fingerprint density at radius 2 is 1.67 bits per heavy atom. The summed E-state index contributed by atoms with van der Waals surface area (Å²) in [6, 6.07) is 19.4. The zero-order valence-corrected chi connectivity index (χ0v) is 15.6. The van der Waals surface area contributed by atoms with Gasteiger partial charge >= 0.3 is 0 Å². The Kier molecular flexibility index (Phi) is 6.60. The summed E-state index contributed by atoms with van der Waals surface area (Å²) in [7, 11) is 1.70. The normalized spacial score (nSPS) is 10.4. The van der Waals surface area contributed by atoms with Gasteiger partial charge in [-0.1, -0.05) is 18.2 Å². The Morgan fingerprint density at radius 1 is 0.926 bits per heavy atom. The summed E-state index contributed by atoms with van der Waals surface area (Å²) < 4.78 is 10.9. The summed E-state index contributed by atoms with van der Waals surface area (Å²) >= 11 is 0. The Hall–Kier alpha value is -3.12. The monoisotopic (exact) mass is 364 g/mol. The van der Waals surface area contributed by atoms with Crippen LogP contribution < -0.4 is 15.4 Å². The molecule has 2 N–H and O–H groups in total. The number of hydrogen-bond donors (Lipinski definition) is 2. The Balaban J connectivity index is 1.61. The average molecular weight is 364 g/mol. The van der Waals surface area contributed by atoms with E-state index in [1.54, 1.807) is 7.11 Å². The van der Waals surface area contributed by atoms with E-state index in [4.69, 9.17) is 9.47 Å². The van der Waals surface area contributed by atoms with Crippen molar-refractivity contribution >= 4 is 17.5 Å². The molecule has 0 aliphatic carbocycles. The van der Waals surface area contributed by atoms with Crippen LogP contribution in [0.1, 0.15) is 12.1 Å². The van der Waals surface area contributed by atoms with E-state index < -0.39 is 0 Å². The number of methoxy groups -OCH3 is 1. The zero-order valence-electron chi connectivity index (χ0n) is 15.6. The van der Waals surface area contributed by atoms with Gasteiger partial charge in [-0.3, -0.25) is 0 Å². The van der Waals surface area contributed by atoms with Crippen LogP contribution in [0.3, 0.4) is 0 Å². The van der Waals surface area contributed by atoms with Gasteiger partial charge in [0.05, 0.1) is 0 Å². The van der Waals surface area contributed by atoms with Crippen LogP contribution in [0, 0.1) is 6.92 Å². The zero-order chi connectivity index (χ0) is 18.9. The molecule has 3 aromatic rings. The second-order valence-corrected chi connectivity index (χ2v) is 6.06. The minimum Gasteiger partial charge on any atom is -0.457 e. The van der Waals surface area contributed by atoms with Gasteiger partial charge in [-0.25, -0.2) is 4.98 Å². The van der Waals surface area contributed by atoms with Crippen molar-refractivity contribution in [1.82, 2.24) is 9.97 Å². The van der Waals surface area contributed by atoms with Crippen LogP contribution in [-0.2, 0) is 4.74 Å². The van der Waals surface area contributed by atoms with Crippen LogP contribution in [0.5, 0.6) is 11.5 Å². The Morgan fingerprint density at radius 3 is 2.41 bits per heavy atom. The third kappa shape index (κ3) is 5.97. The minimum atomic E-state index is 0.609. The summed E-state index contributed by atoms with van der Waals surface area (Å²) in [5, 5.41) is 6.53. The maximum Gasteiger partial charge on any atom is 0.224 e. The molecule has 27 heavy (non-hydrogen) atoms. The summed E-state index contributed by atoms with van der Waals surface area (Å²) in [4.78, 5) is 8.92. The number of ether oxygens (including phenoxy) is 2. The van der Waals surface area contributed by atoms with E-state index in [9.17, 15) is 0 Å². The van der Waals surface area contributed by atoms with E-state index in [2.05, 4.69) is 20.6 Å². The number of aromatic nitrogens is 2. The van der Waals surface area contributed by atoms with E-state index in [1.807, 2.05) is 67.6 Å². The number of para-hydroxylation sites is 1. The van der Waals surface area contributed by atoms with Crippen molar-refractivity contribution in [1.29, 1.82) is 0 Å². The lowest BCUT2D eigenvalue weighted by molar-refractivity contribution is 0.197. The van der Waals surface area contributed by atoms with Gasteiger partial charge in [0.1, 0.15) is 17.3 Å². The Bertz CT molecular complexity index is 839. The predicted octanol–water partition coefficient (Wildman–Crippen LogP) is 4.77. The van der Waals surface area contributed by atoms with Gasteiger partial charge in [-0.15, -0.1) is 0 Å². The summed E-state index contributed by atoms with van der Waals surface area (Å²) in [6.07, 6.45) is 0.902. The third-order valence-corrected chi connectivity index (χ3v) is 3.77. The molecule has 6 nitrogen and oxygen atoms in total. The molecular formula is C21H24N4O2. The molecule has 0 amide bonds. The van der Waals surface area contributed by atoms with Crippen molar-refractivity contribution in [2.24, 2.45) is 0 Å². The first-order valence-corrected chi connectivity index (χ1v) is 8.91. The number of anilines is 3. The third-order valence-electron chi connectivity index (χ3n) is 3.77. The molecule has 1 aromatic heterocycles. The molecule has 1 heterocycles. The maximum atomic E-state index is 5.81. The molecule has 3 rings (SSSR count). The number of benzene rings is 2. The number of rotatable bonds is 9. The van der Waals surface area contributed by atoms with Crippen LogP contribution in [-0.4, -0.2) is 30.2 Å². The van der Waals surface area contributed by atoms with Gasteiger partial charge in [0.2, 0.25) is 5.95 Å². The van der Waals surface area contributed by atoms with E-state index >= 15 is 0 Å². The van der Waals surface area contributed by atoms with Crippen molar-refractivity contribution in [3.05, 3.63) is 66.4 Å². The molecule has 0 spiro atoms. The quantitative estimate of drug-likeness (QED) is 0.533. The number of aryl methyl sites for hydroxylation is 1. The van der Waals surface area contributed by atoms with Crippen LogP contribution in [0.25, 0.3) is 0 Å². The second kappa shape index (κ2) is 9.54. The van der Waals surface area contributed by atoms with Crippen LogP contribution in [0.2, 0.25) is 0 Å². The summed E-state index contributed by atoms with van der Waals surface area (Å²) in [5.41, 5.74) is 1.82. The lowest BCUT2D eigenvalue weighted by Gasteiger charge is -2.11. The van der Waals surface area contributed by atoms with Crippen molar-refractivity contribution < 1.29 is 9.47 Å². The first-order valence-electron chi connectivity index (χ1n) is 8.91. The molecule has 0 bridgehead atoms. The molecule has 0 radical (unpaired) electrons. The highest BCUT2D eigenvalue weighted by Crippen LogP contribution is 2.24. The highest BCUT2D eigenvalue weighted by Gasteiger charge is 2.04. The minimum absolute atomic E-state index is 0.609. The van der Waals surface area contributed by atoms with Gasteiger partial charge in [-0.2, -0.15) is 4.98 Å². The average Bonchev–Trinajstić information content (AvgIpc) is 2.67. The Labute approximate surface area is 159 Å². The largest absolute Gasteiger partial charge is 0.457 e. The number of nitrogens with zero attached hydrogens (tertiary/aromatic N) is 2. The van der Waals surface area contributed by atoms with Crippen molar-refractivity contribution in [3.63, 3.8) is 0 Å². The molecule has 0 atom stereocenters. The van der Waals surface area contributed by atoms with E-state index in [1.165, 1.54) is 0 Å². The standard InChI is InChI=1S/C21H24N4O2/c1-16-15-20(25-21(23-16)22-13-6-14-26-2)24-17-9-11-19(12-10-17)27-18-7-4-3-5-8-18/h3-5,7-12,15H,6,13-14H2,1-2H3,(H2,22,23,24,25). The first kappa shape index (κ1) is 18.7. The maximum absolute atomic E-state index is 5.81. The smallest absolute Gasteiger partial charge is 0.224 e. The molecule has 0 unspecified atom stereocenters. The van der Waals surface area contributed by atoms with Crippen LogP contribution >= 0.6 is 0 Å². The molecule has 6 heteroatoms. The predicted molar refractivity (Wildman–Crippen MR) is 108 cm³/mol. The van der Waals surface area contributed by atoms with Crippen LogP contribution in [0.4, 0.5) is 17.5 Å².